The lowest BCUT2D eigenvalue weighted by atomic mass is 9.95. The summed E-state index contributed by atoms with van der Waals surface area (Å²) in [6.45, 7) is 4.62. The Morgan fingerprint density at radius 1 is 0.938 bits per heavy atom. The number of carbonyl (C=O) groups excluding carboxylic acids is 7. The Morgan fingerprint density at radius 3 is 2.19 bits per heavy atom. The Morgan fingerprint density at radius 2 is 1.58 bits per heavy atom. The first-order chi connectivity index (χ1) is 22.8. The summed E-state index contributed by atoms with van der Waals surface area (Å²) in [5.74, 6) is -4.29. The van der Waals surface area contributed by atoms with Crippen molar-refractivity contribution < 1.29 is 38.7 Å². The molecule has 3 saturated heterocycles. The molecule has 7 amide bonds. The molecule has 4 rings (SSSR count). The number of likely N-dealkylation sites (N-methyl/N-ethyl adjacent to an activating group) is 1. The molecule has 3 aliphatic heterocycles. The zero-order valence-electron chi connectivity index (χ0n) is 27.9. The quantitative estimate of drug-likeness (QED) is 0.233. The van der Waals surface area contributed by atoms with Crippen LogP contribution in [0.2, 0.25) is 0 Å². The van der Waals surface area contributed by atoms with E-state index in [1.807, 2.05) is 6.07 Å². The van der Waals surface area contributed by atoms with Gasteiger partial charge >= 0.3 is 0 Å². The smallest absolute Gasteiger partial charge is 0.247 e. The molecular formula is C33H47N7O8. The number of hydrogen-bond acceptors (Lipinski definition) is 8. The second-order valence-corrected chi connectivity index (χ2v) is 13.2. The van der Waals surface area contributed by atoms with E-state index >= 15 is 0 Å². The van der Waals surface area contributed by atoms with Crippen LogP contribution in [-0.4, -0.2) is 131 Å². The lowest BCUT2D eigenvalue weighted by molar-refractivity contribution is -0.143. The van der Waals surface area contributed by atoms with Crippen molar-refractivity contribution in [1.29, 1.82) is 0 Å². The third-order valence-corrected chi connectivity index (χ3v) is 9.26. The van der Waals surface area contributed by atoms with Crippen molar-refractivity contribution in [3.05, 3.63) is 35.9 Å². The summed E-state index contributed by atoms with van der Waals surface area (Å²) in [5.41, 5.74) is 0.744. The molecule has 15 nitrogen and oxygen atoms in total. The highest BCUT2D eigenvalue weighted by atomic mass is 16.3. The van der Waals surface area contributed by atoms with Gasteiger partial charge in [0, 0.05) is 52.0 Å². The van der Waals surface area contributed by atoms with Crippen LogP contribution in [0.4, 0.5) is 0 Å². The van der Waals surface area contributed by atoms with Crippen molar-refractivity contribution in [3.8, 4) is 0 Å². The molecule has 3 heterocycles. The van der Waals surface area contributed by atoms with E-state index in [9.17, 15) is 38.7 Å². The minimum absolute atomic E-state index is 0.0262. The molecule has 1 aromatic rings. The summed E-state index contributed by atoms with van der Waals surface area (Å²) in [6.07, 6.45) is 1.08. The van der Waals surface area contributed by atoms with Crippen molar-refractivity contribution in [1.82, 2.24) is 36.0 Å². The predicted molar refractivity (Wildman–Crippen MR) is 173 cm³/mol. The first-order valence-electron chi connectivity index (χ1n) is 16.4. The van der Waals surface area contributed by atoms with Crippen LogP contribution in [0.5, 0.6) is 0 Å². The normalized spacial score (nSPS) is 26.7. The molecule has 3 aliphatic rings. The number of piperidine rings is 1. The van der Waals surface area contributed by atoms with Crippen LogP contribution in [0, 0.1) is 11.8 Å². The van der Waals surface area contributed by atoms with Crippen molar-refractivity contribution in [3.63, 3.8) is 0 Å². The maximum absolute atomic E-state index is 14.4. The second kappa shape index (κ2) is 16.0. The number of likely N-dealkylation sites (tertiary alicyclic amines) is 1. The standard InChI is InChI=1S/C33H47N7O8/c1-19(2)28-31(46)35-24(14-21-8-6-5-7-9-21)33(48)40-16-23(34-29(44)22-10-12-39(13-11-22)20(3)42)15-26(40)30(45)36-25(18-41)32(47)38(4)17-27(43)37-28/h5-9,19,22-26,28,41H,10-18H2,1-4H3,(H,34,44)(H,35,46)(H,36,45)(H,37,43)/t23-,24-,25-,26-,28+/m0/s1. The van der Waals surface area contributed by atoms with Gasteiger partial charge in [-0.1, -0.05) is 44.2 Å². The maximum atomic E-state index is 14.4. The fourth-order valence-electron chi connectivity index (χ4n) is 6.49. The van der Waals surface area contributed by atoms with Gasteiger partial charge in [0.25, 0.3) is 0 Å². The molecule has 0 saturated carbocycles. The molecule has 0 unspecified atom stereocenters. The van der Waals surface area contributed by atoms with E-state index in [0.29, 0.717) is 25.9 Å². The molecule has 5 atom stereocenters. The summed E-state index contributed by atoms with van der Waals surface area (Å²) in [4.78, 5) is 97.0. The van der Waals surface area contributed by atoms with Gasteiger partial charge in [0.15, 0.2) is 0 Å². The van der Waals surface area contributed by atoms with Gasteiger partial charge in [-0.3, -0.25) is 33.6 Å². The molecule has 1 aromatic carbocycles. The zero-order chi connectivity index (χ0) is 35.1. The van der Waals surface area contributed by atoms with E-state index in [2.05, 4.69) is 21.3 Å². The molecule has 0 radical (unpaired) electrons. The summed E-state index contributed by atoms with van der Waals surface area (Å²) in [6, 6.07) is 3.68. The Hall–Kier alpha value is -4.53. The largest absolute Gasteiger partial charge is 0.394 e. The third-order valence-electron chi connectivity index (χ3n) is 9.26. The van der Waals surface area contributed by atoms with Gasteiger partial charge < -0.3 is 41.1 Å². The van der Waals surface area contributed by atoms with Crippen molar-refractivity contribution in [2.45, 2.75) is 76.7 Å². The third kappa shape index (κ3) is 8.88. The molecule has 262 valence electrons. The molecule has 48 heavy (non-hydrogen) atoms. The summed E-state index contributed by atoms with van der Waals surface area (Å²) >= 11 is 0. The summed E-state index contributed by atoms with van der Waals surface area (Å²) in [5, 5.41) is 21.0. The molecule has 5 N–H and O–H groups in total. The minimum atomic E-state index is -1.40. The number of hydrogen-bond donors (Lipinski definition) is 5. The Labute approximate surface area is 280 Å². The molecule has 0 spiro atoms. The number of benzene rings is 1. The summed E-state index contributed by atoms with van der Waals surface area (Å²) < 4.78 is 0. The highest BCUT2D eigenvalue weighted by Crippen LogP contribution is 2.24. The number of carbonyl (C=O) groups is 7. The molecular weight excluding hydrogens is 622 g/mol. The van der Waals surface area contributed by atoms with Gasteiger partial charge in [-0.25, -0.2) is 0 Å². The zero-order valence-corrected chi connectivity index (χ0v) is 27.9. The number of aliphatic hydroxyl groups excluding tert-OH is 1. The van der Waals surface area contributed by atoms with E-state index in [-0.39, 0.29) is 43.0 Å². The fourth-order valence-corrected chi connectivity index (χ4v) is 6.49. The highest BCUT2D eigenvalue weighted by molar-refractivity contribution is 5.97. The highest BCUT2D eigenvalue weighted by Gasteiger charge is 2.44. The molecule has 3 fully saturated rings. The molecule has 0 aromatic heterocycles. The lowest BCUT2D eigenvalue weighted by Gasteiger charge is -2.31. The topological polar surface area (TPSA) is 198 Å². The Balaban J connectivity index is 1.65. The Bertz CT molecular complexity index is 1380. The molecule has 0 aliphatic carbocycles. The van der Waals surface area contributed by atoms with E-state index in [1.54, 1.807) is 43.0 Å². The fraction of sp³-hybridized carbons (Fsp3) is 0.606. The molecule has 15 heteroatoms. The number of nitrogens with zero attached hydrogens (tertiary/aromatic N) is 3. The van der Waals surface area contributed by atoms with Crippen molar-refractivity contribution >= 4 is 41.4 Å². The van der Waals surface area contributed by atoms with E-state index < -0.39 is 72.9 Å². The SMILES string of the molecule is CC(=O)N1CCC(C(=O)N[C@H]2C[C@H]3C(=O)N[C@@H](CO)C(=O)N(C)CC(=O)N[C@H](C(C)C)C(=O)N[C@@H](Cc4ccccc4)C(=O)N3C2)CC1. The number of amides is 7. The number of fused-ring (bicyclic) bond motifs is 1. The van der Waals surface area contributed by atoms with Crippen LogP contribution in [-0.2, 0) is 40.0 Å². The average molecular weight is 670 g/mol. The van der Waals surface area contributed by atoms with Gasteiger partial charge in [0.2, 0.25) is 41.4 Å². The van der Waals surface area contributed by atoms with E-state index in [1.165, 1.54) is 18.9 Å². The van der Waals surface area contributed by atoms with Crippen LogP contribution in [0.3, 0.4) is 0 Å². The van der Waals surface area contributed by atoms with Gasteiger partial charge in [0.05, 0.1) is 13.2 Å². The number of aliphatic hydroxyl groups is 1. The summed E-state index contributed by atoms with van der Waals surface area (Å²) in [7, 11) is 1.34. The number of rotatable bonds is 6. The van der Waals surface area contributed by atoms with Gasteiger partial charge in [-0.2, -0.15) is 0 Å². The first-order valence-corrected chi connectivity index (χ1v) is 16.4. The van der Waals surface area contributed by atoms with Gasteiger partial charge in [0.1, 0.15) is 24.2 Å². The predicted octanol–water partition coefficient (Wildman–Crippen LogP) is -1.85. The van der Waals surface area contributed by atoms with Crippen LogP contribution in [0.25, 0.3) is 0 Å². The van der Waals surface area contributed by atoms with E-state index in [0.717, 1.165) is 10.5 Å². The van der Waals surface area contributed by atoms with Crippen molar-refractivity contribution in [2.24, 2.45) is 11.8 Å². The minimum Gasteiger partial charge on any atom is -0.394 e. The molecule has 0 bridgehead atoms. The lowest BCUT2D eigenvalue weighted by Crippen LogP contribution is -2.58. The first kappa shape index (κ1) is 36.3. The van der Waals surface area contributed by atoms with E-state index in [4.69, 9.17) is 0 Å². The van der Waals surface area contributed by atoms with Gasteiger partial charge in [-0.15, -0.1) is 0 Å². The van der Waals surface area contributed by atoms with Gasteiger partial charge in [-0.05, 0) is 30.7 Å². The average Bonchev–Trinajstić information content (AvgIpc) is 3.48. The Kier molecular flexibility index (Phi) is 12.1. The van der Waals surface area contributed by atoms with Crippen LogP contribution in [0.15, 0.2) is 30.3 Å². The van der Waals surface area contributed by atoms with Crippen LogP contribution < -0.4 is 21.3 Å². The monoisotopic (exact) mass is 669 g/mol. The van der Waals surface area contributed by atoms with Crippen LogP contribution in [0.1, 0.15) is 45.6 Å². The van der Waals surface area contributed by atoms with Crippen LogP contribution >= 0.6 is 0 Å². The van der Waals surface area contributed by atoms with Crippen molar-refractivity contribution in [2.75, 3.05) is 39.8 Å². The maximum Gasteiger partial charge on any atom is 0.247 e. The number of nitrogens with one attached hydrogen (secondary N) is 4. The second-order valence-electron chi connectivity index (χ2n) is 13.2.